The molecule has 1 aromatic heterocycles. The number of hydrogen-bond acceptors (Lipinski definition) is 3. The van der Waals surface area contributed by atoms with Gasteiger partial charge in [0.1, 0.15) is 0 Å². The van der Waals surface area contributed by atoms with Gasteiger partial charge in [0.15, 0.2) is 0 Å². The zero-order valence-electron chi connectivity index (χ0n) is 9.95. The summed E-state index contributed by atoms with van der Waals surface area (Å²) in [5.41, 5.74) is 1.15. The van der Waals surface area contributed by atoms with Crippen LogP contribution in [0.3, 0.4) is 0 Å². The Kier molecular flexibility index (Phi) is 4.31. The molecule has 0 aliphatic carbocycles. The molecule has 2 atom stereocenters. The number of nitrogens with one attached hydrogen (secondary N) is 2. The van der Waals surface area contributed by atoms with E-state index in [0.717, 1.165) is 12.1 Å². The second kappa shape index (κ2) is 5.97. The number of aromatic nitrogens is 1. The van der Waals surface area contributed by atoms with Gasteiger partial charge in [-0.3, -0.25) is 4.98 Å². The molecule has 1 aliphatic rings. The first-order chi connectivity index (χ1) is 7.90. The molecule has 0 bridgehead atoms. The summed E-state index contributed by atoms with van der Waals surface area (Å²) in [5.74, 6) is 0. The fourth-order valence-corrected chi connectivity index (χ4v) is 2.38. The van der Waals surface area contributed by atoms with Gasteiger partial charge in [-0.25, -0.2) is 0 Å². The quantitative estimate of drug-likeness (QED) is 0.812. The van der Waals surface area contributed by atoms with Gasteiger partial charge in [0, 0.05) is 12.2 Å². The second-order valence-corrected chi connectivity index (χ2v) is 4.48. The highest BCUT2D eigenvalue weighted by Gasteiger charge is 2.18. The second-order valence-electron chi connectivity index (χ2n) is 4.48. The molecule has 0 spiro atoms. The molecule has 2 N–H and O–H groups in total. The van der Waals surface area contributed by atoms with Crippen molar-refractivity contribution in [3.05, 3.63) is 30.1 Å². The van der Waals surface area contributed by atoms with Gasteiger partial charge in [-0.1, -0.05) is 12.5 Å². The molecule has 2 heterocycles. The molecule has 1 fully saturated rings. The van der Waals surface area contributed by atoms with Crippen molar-refractivity contribution in [1.82, 2.24) is 15.6 Å². The van der Waals surface area contributed by atoms with E-state index in [2.05, 4.69) is 27.8 Å². The molecule has 1 aromatic rings. The van der Waals surface area contributed by atoms with Crippen LogP contribution in [0.2, 0.25) is 0 Å². The molecule has 2 unspecified atom stereocenters. The Hall–Kier alpha value is -0.930. The lowest BCUT2D eigenvalue weighted by molar-refractivity contribution is 0.344. The van der Waals surface area contributed by atoms with Crippen molar-refractivity contribution < 1.29 is 0 Å². The Labute approximate surface area is 97.7 Å². The van der Waals surface area contributed by atoms with Gasteiger partial charge >= 0.3 is 0 Å². The third-order valence-corrected chi connectivity index (χ3v) is 3.33. The average Bonchev–Trinajstić information content (AvgIpc) is 2.38. The molecule has 16 heavy (non-hydrogen) atoms. The van der Waals surface area contributed by atoms with E-state index in [1.807, 2.05) is 19.3 Å². The fourth-order valence-electron chi connectivity index (χ4n) is 2.38. The van der Waals surface area contributed by atoms with Crippen molar-refractivity contribution in [2.45, 2.75) is 37.8 Å². The first-order valence-electron chi connectivity index (χ1n) is 6.21. The summed E-state index contributed by atoms with van der Waals surface area (Å²) in [6.45, 7) is 1.17. The lowest BCUT2D eigenvalue weighted by Gasteiger charge is -2.27. The molecule has 88 valence electrons. The molecule has 3 heteroatoms. The first kappa shape index (κ1) is 11.6. The molecule has 2 rings (SSSR count). The Morgan fingerprint density at radius 1 is 1.50 bits per heavy atom. The highest BCUT2D eigenvalue weighted by Crippen LogP contribution is 2.20. The van der Waals surface area contributed by atoms with Gasteiger partial charge in [-0.15, -0.1) is 0 Å². The van der Waals surface area contributed by atoms with E-state index < -0.39 is 0 Å². The van der Waals surface area contributed by atoms with E-state index in [9.17, 15) is 0 Å². The monoisotopic (exact) mass is 219 g/mol. The Morgan fingerprint density at radius 3 is 3.06 bits per heavy atom. The largest absolute Gasteiger partial charge is 0.314 e. The minimum absolute atomic E-state index is 0.372. The lowest BCUT2D eigenvalue weighted by Crippen LogP contribution is -2.37. The lowest BCUT2D eigenvalue weighted by atomic mass is 9.96. The van der Waals surface area contributed by atoms with Crippen LogP contribution in [-0.4, -0.2) is 24.6 Å². The van der Waals surface area contributed by atoms with Gasteiger partial charge in [0.25, 0.3) is 0 Å². The summed E-state index contributed by atoms with van der Waals surface area (Å²) in [7, 11) is 2.02. The third kappa shape index (κ3) is 3.03. The molecule has 0 amide bonds. The molecular formula is C13H21N3. The SMILES string of the molecule is CNC(CC1CCCCN1)c1ccccn1. The number of piperidine rings is 1. The summed E-state index contributed by atoms with van der Waals surface area (Å²) in [6.07, 6.45) is 6.98. The fraction of sp³-hybridized carbons (Fsp3) is 0.615. The molecule has 0 saturated carbocycles. The van der Waals surface area contributed by atoms with Crippen molar-refractivity contribution in [2.24, 2.45) is 0 Å². The summed E-state index contributed by atoms with van der Waals surface area (Å²) in [5, 5.41) is 6.95. The number of hydrogen-bond donors (Lipinski definition) is 2. The van der Waals surface area contributed by atoms with Crippen molar-refractivity contribution >= 4 is 0 Å². The van der Waals surface area contributed by atoms with E-state index >= 15 is 0 Å². The maximum absolute atomic E-state index is 4.43. The molecule has 3 nitrogen and oxygen atoms in total. The molecule has 1 saturated heterocycles. The molecular weight excluding hydrogens is 198 g/mol. The Bertz CT molecular complexity index is 293. The van der Waals surface area contributed by atoms with Crippen LogP contribution in [0.15, 0.2) is 24.4 Å². The van der Waals surface area contributed by atoms with Gasteiger partial charge in [0.05, 0.1) is 11.7 Å². The van der Waals surface area contributed by atoms with Gasteiger partial charge in [-0.2, -0.15) is 0 Å². The standard InChI is InChI=1S/C13H21N3/c1-14-13(12-7-3-5-9-16-12)10-11-6-2-4-8-15-11/h3,5,7,9,11,13-15H,2,4,6,8,10H2,1H3. The summed E-state index contributed by atoms with van der Waals surface area (Å²) in [6, 6.07) is 7.14. The summed E-state index contributed by atoms with van der Waals surface area (Å²) >= 11 is 0. The normalized spacial score (nSPS) is 22.9. The van der Waals surface area contributed by atoms with E-state index in [4.69, 9.17) is 0 Å². The summed E-state index contributed by atoms with van der Waals surface area (Å²) < 4.78 is 0. The van der Waals surface area contributed by atoms with E-state index in [1.54, 1.807) is 0 Å². The van der Waals surface area contributed by atoms with Crippen LogP contribution in [0.4, 0.5) is 0 Å². The van der Waals surface area contributed by atoms with E-state index in [0.29, 0.717) is 12.1 Å². The summed E-state index contributed by atoms with van der Waals surface area (Å²) in [4.78, 5) is 4.43. The molecule has 0 aromatic carbocycles. The van der Waals surface area contributed by atoms with Crippen LogP contribution >= 0.6 is 0 Å². The smallest absolute Gasteiger partial charge is 0.0573 e. The highest BCUT2D eigenvalue weighted by atomic mass is 15.0. The Morgan fingerprint density at radius 2 is 2.44 bits per heavy atom. The van der Waals surface area contributed by atoms with Crippen molar-refractivity contribution in [3.63, 3.8) is 0 Å². The van der Waals surface area contributed by atoms with Crippen LogP contribution in [-0.2, 0) is 0 Å². The van der Waals surface area contributed by atoms with Gasteiger partial charge in [-0.05, 0) is 45.0 Å². The predicted molar refractivity (Wildman–Crippen MR) is 66.3 cm³/mol. The van der Waals surface area contributed by atoms with Crippen molar-refractivity contribution in [1.29, 1.82) is 0 Å². The van der Waals surface area contributed by atoms with Crippen molar-refractivity contribution in [2.75, 3.05) is 13.6 Å². The van der Waals surface area contributed by atoms with Gasteiger partial charge < -0.3 is 10.6 Å². The Balaban J connectivity index is 1.94. The van der Waals surface area contributed by atoms with Crippen molar-refractivity contribution in [3.8, 4) is 0 Å². The molecule has 0 radical (unpaired) electrons. The van der Waals surface area contributed by atoms with Crippen LogP contribution in [0.1, 0.15) is 37.4 Å². The molecule has 1 aliphatic heterocycles. The van der Waals surface area contributed by atoms with E-state index in [-0.39, 0.29) is 0 Å². The number of pyridine rings is 1. The maximum Gasteiger partial charge on any atom is 0.0573 e. The first-order valence-corrected chi connectivity index (χ1v) is 6.21. The average molecular weight is 219 g/mol. The van der Waals surface area contributed by atoms with E-state index in [1.165, 1.54) is 25.8 Å². The zero-order valence-corrected chi connectivity index (χ0v) is 9.95. The highest BCUT2D eigenvalue weighted by molar-refractivity contribution is 5.09. The minimum Gasteiger partial charge on any atom is -0.314 e. The topological polar surface area (TPSA) is 37.0 Å². The number of rotatable bonds is 4. The minimum atomic E-state index is 0.372. The predicted octanol–water partition coefficient (Wildman–Crippen LogP) is 1.87. The van der Waals surface area contributed by atoms with Crippen LogP contribution in [0.5, 0.6) is 0 Å². The van der Waals surface area contributed by atoms with Crippen LogP contribution < -0.4 is 10.6 Å². The van der Waals surface area contributed by atoms with Gasteiger partial charge in [0.2, 0.25) is 0 Å². The maximum atomic E-state index is 4.43. The van der Waals surface area contributed by atoms with Crippen LogP contribution in [0, 0.1) is 0 Å². The van der Waals surface area contributed by atoms with Crippen LogP contribution in [0.25, 0.3) is 0 Å². The third-order valence-electron chi connectivity index (χ3n) is 3.33. The number of nitrogens with zero attached hydrogens (tertiary/aromatic N) is 1. The zero-order chi connectivity index (χ0) is 11.2.